The molecule has 2 amide bonds. The van der Waals surface area contributed by atoms with Crippen molar-refractivity contribution in [1.82, 2.24) is 30.9 Å². The molecule has 0 spiro atoms. The number of nitrogens with zero attached hydrogens (tertiary/aromatic N) is 3. The predicted molar refractivity (Wildman–Crippen MR) is 118 cm³/mol. The van der Waals surface area contributed by atoms with Gasteiger partial charge in [-0.3, -0.25) is 15.0 Å². The molecule has 4 aliphatic heterocycles. The minimum Gasteiger partial charge on any atom is -0.488 e. The van der Waals surface area contributed by atoms with E-state index in [0.29, 0.717) is 45.2 Å². The van der Waals surface area contributed by atoms with Gasteiger partial charge in [-0.1, -0.05) is 0 Å². The van der Waals surface area contributed by atoms with Gasteiger partial charge >= 0.3 is 0 Å². The average Bonchev–Trinajstić information content (AvgIpc) is 3.37. The lowest BCUT2D eigenvalue weighted by Crippen LogP contribution is -2.51. The Morgan fingerprint density at radius 1 is 1.34 bits per heavy atom. The van der Waals surface area contributed by atoms with Crippen LogP contribution in [0.1, 0.15) is 19.8 Å². The van der Waals surface area contributed by atoms with Crippen molar-refractivity contribution in [3.63, 3.8) is 0 Å². The zero-order chi connectivity index (χ0) is 22.3. The average molecular weight is 445 g/mol. The molecule has 0 aromatic rings. The number of allylic oxidation sites excluding steroid dienone is 2. The highest BCUT2D eigenvalue weighted by atomic mass is 16.5. The van der Waals surface area contributed by atoms with Crippen LogP contribution < -0.4 is 16.2 Å². The van der Waals surface area contributed by atoms with Crippen molar-refractivity contribution in [1.29, 1.82) is 0 Å². The molecule has 4 rings (SSSR count). The highest BCUT2D eigenvalue weighted by Crippen LogP contribution is 2.27. The molecule has 4 aliphatic rings. The third-order valence-electron chi connectivity index (χ3n) is 5.82. The van der Waals surface area contributed by atoms with Gasteiger partial charge in [0, 0.05) is 50.3 Å². The van der Waals surface area contributed by atoms with Gasteiger partial charge in [-0.2, -0.15) is 0 Å². The highest BCUT2D eigenvalue weighted by Gasteiger charge is 2.31. The van der Waals surface area contributed by atoms with Crippen molar-refractivity contribution in [2.24, 2.45) is 0 Å². The molecular formula is C22H32N6O4. The molecule has 1 atom stereocenters. The number of nitrogens with one attached hydrogen (secondary N) is 3. The van der Waals surface area contributed by atoms with Gasteiger partial charge in [-0.15, -0.1) is 0 Å². The fourth-order valence-electron chi connectivity index (χ4n) is 4.16. The molecule has 4 heterocycles. The van der Waals surface area contributed by atoms with Crippen molar-refractivity contribution in [3.8, 4) is 0 Å². The third kappa shape index (κ3) is 4.98. The second kappa shape index (κ2) is 10.7. The summed E-state index contributed by atoms with van der Waals surface area (Å²) in [6, 6.07) is 0. The smallest absolute Gasteiger partial charge is 0.251 e. The number of likely N-dealkylation sites (tertiary alicyclic amines) is 1. The lowest BCUT2D eigenvalue weighted by molar-refractivity contribution is -0.126. The summed E-state index contributed by atoms with van der Waals surface area (Å²) >= 11 is 0. The van der Waals surface area contributed by atoms with Crippen LogP contribution >= 0.6 is 0 Å². The maximum absolute atomic E-state index is 12.8. The normalized spacial score (nSPS) is 22.8. The molecule has 1 saturated heterocycles. The second-order valence-electron chi connectivity index (χ2n) is 7.91. The quantitative estimate of drug-likeness (QED) is 0.259. The van der Waals surface area contributed by atoms with E-state index >= 15 is 0 Å². The van der Waals surface area contributed by atoms with Crippen molar-refractivity contribution < 1.29 is 19.1 Å². The van der Waals surface area contributed by atoms with E-state index in [0.717, 1.165) is 49.4 Å². The fraction of sp³-hybridized carbons (Fsp3) is 0.545. The molecule has 0 saturated carbocycles. The summed E-state index contributed by atoms with van der Waals surface area (Å²) in [5, 5.41) is 3.38. The van der Waals surface area contributed by atoms with Crippen molar-refractivity contribution in [2.45, 2.75) is 25.9 Å². The fourth-order valence-corrected chi connectivity index (χ4v) is 4.16. The molecule has 3 N–H and O–H groups in total. The van der Waals surface area contributed by atoms with Crippen LogP contribution in [-0.4, -0.2) is 85.7 Å². The number of ether oxygens (including phenoxy) is 2. The van der Waals surface area contributed by atoms with Gasteiger partial charge < -0.3 is 29.5 Å². The number of hydrazine groups is 1. The first-order chi connectivity index (χ1) is 15.7. The minimum absolute atomic E-state index is 0.0862. The molecule has 10 nitrogen and oxygen atoms in total. The van der Waals surface area contributed by atoms with Gasteiger partial charge in [0.25, 0.3) is 5.91 Å². The summed E-state index contributed by atoms with van der Waals surface area (Å²) in [7, 11) is 0. The van der Waals surface area contributed by atoms with Crippen LogP contribution in [0.3, 0.4) is 0 Å². The van der Waals surface area contributed by atoms with Gasteiger partial charge in [-0.05, 0) is 38.0 Å². The molecule has 1 fully saturated rings. The lowest BCUT2D eigenvalue weighted by Gasteiger charge is -2.38. The Hall–Kier alpha value is -2.82. The molecule has 0 aromatic carbocycles. The van der Waals surface area contributed by atoms with Gasteiger partial charge in [0.1, 0.15) is 18.6 Å². The van der Waals surface area contributed by atoms with Crippen LogP contribution in [0.25, 0.3) is 0 Å². The van der Waals surface area contributed by atoms with Crippen LogP contribution in [-0.2, 0) is 19.1 Å². The van der Waals surface area contributed by atoms with Crippen molar-refractivity contribution >= 4 is 12.3 Å². The second-order valence-corrected chi connectivity index (χ2v) is 7.91. The van der Waals surface area contributed by atoms with Crippen LogP contribution in [0.2, 0.25) is 0 Å². The summed E-state index contributed by atoms with van der Waals surface area (Å²) in [4.78, 5) is 29.8. The molecule has 174 valence electrons. The van der Waals surface area contributed by atoms with Gasteiger partial charge in [-0.25, -0.2) is 5.43 Å². The standard InChI is InChI=1S/C22H32N6O4/c1-2-31-11-6-24-25-20-14-18(5-9-27(20)16-29)28-10-12-32-19-13-17(15-23-21(19)28)22(30)26-7-3-4-8-26/h5,9,13-14,16,20,23-25H,2-4,6-8,10-12,15H2,1H3. The Kier molecular flexibility index (Phi) is 7.46. The Bertz CT molecular complexity index is 830. The maximum Gasteiger partial charge on any atom is 0.251 e. The van der Waals surface area contributed by atoms with Crippen LogP contribution in [0.4, 0.5) is 0 Å². The predicted octanol–water partition coefficient (Wildman–Crippen LogP) is -0.0339. The van der Waals surface area contributed by atoms with E-state index in [2.05, 4.69) is 21.1 Å². The lowest BCUT2D eigenvalue weighted by atomic mass is 10.1. The first kappa shape index (κ1) is 22.4. The number of rotatable bonds is 9. The summed E-state index contributed by atoms with van der Waals surface area (Å²) in [6.07, 6.45) is 10.1. The summed E-state index contributed by atoms with van der Waals surface area (Å²) < 4.78 is 11.2. The number of carbonyl (C=O) groups excluding carboxylic acids is 2. The minimum atomic E-state index is -0.340. The van der Waals surface area contributed by atoms with E-state index in [1.165, 1.54) is 0 Å². The molecule has 0 aliphatic carbocycles. The molecule has 32 heavy (non-hydrogen) atoms. The first-order valence-electron chi connectivity index (χ1n) is 11.3. The van der Waals surface area contributed by atoms with Gasteiger partial charge in [0.05, 0.1) is 13.2 Å². The zero-order valence-electron chi connectivity index (χ0n) is 18.5. The molecule has 10 heteroatoms. The monoisotopic (exact) mass is 444 g/mol. The van der Waals surface area contributed by atoms with Crippen LogP contribution in [0.5, 0.6) is 0 Å². The molecular weight excluding hydrogens is 412 g/mol. The maximum atomic E-state index is 12.8. The van der Waals surface area contributed by atoms with E-state index in [9.17, 15) is 9.59 Å². The number of hydrogen-bond acceptors (Lipinski definition) is 8. The SMILES string of the molecule is CCOCCNNC1C=C(N2CCOC3=C2NCC(C(=O)N2CCCC2)=C3)C=CN1C=O. The Labute approximate surface area is 188 Å². The Balaban J connectivity index is 1.47. The third-order valence-corrected chi connectivity index (χ3v) is 5.82. The largest absolute Gasteiger partial charge is 0.488 e. The number of amides is 2. The van der Waals surface area contributed by atoms with E-state index in [-0.39, 0.29) is 12.1 Å². The molecule has 1 unspecified atom stereocenters. The van der Waals surface area contributed by atoms with Crippen molar-refractivity contribution in [3.05, 3.63) is 47.3 Å². The van der Waals surface area contributed by atoms with E-state index in [1.807, 2.05) is 30.1 Å². The summed E-state index contributed by atoms with van der Waals surface area (Å²) in [5.41, 5.74) is 7.93. The summed E-state index contributed by atoms with van der Waals surface area (Å²) in [6.45, 7) is 7.11. The highest BCUT2D eigenvalue weighted by molar-refractivity contribution is 5.94. The number of hydrogen-bond donors (Lipinski definition) is 3. The summed E-state index contributed by atoms with van der Waals surface area (Å²) in [5.74, 6) is 1.60. The van der Waals surface area contributed by atoms with Crippen molar-refractivity contribution in [2.75, 3.05) is 52.5 Å². The van der Waals surface area contributed by atoms with E-state index in [4.69, 9.17) is 9.47 Å². The first-order valence-corrected chi connectivity index (χ1v) is 11.3. The van der Waals surface area contributed by atoms with Gasteiger partial charge in [0.2, 0.25) is 6.41 Å². The Morgan fingerprint density at radius 2 is 2.19 bits per heavy atom. The van der Waals surface area contributed by atoms with Crippen LogP contribution in [0.15, 0.2) is 47.3 Å². The number of carbonyl (C=O) groups is 2. The molecule has 0 bridgehead atoms. The Morgan fingerprint density at radius 3 is 2.97 bits per heavy atom. The topological polar surface area (TPSA) is 98.4 Å². The van der Waals surface area contributed by atoms with Gasteiger partial charge in [0.15, 0.2) is 5.76 Å². The van der Waals surface area contributed by atoms with Crippen LogP contribution in [0, 0.1) is 0 Å². The molecule has 0 aromatic heterocycles. The van der Waals surface area contributed by atoms with E-state index in [1.54, 1.807) is 11.1 Å². The van der Waals surface area contributed by atoms with E-state index < -0.39 is 0 Å². The zero-order valence-corrected chi connectivity index (χ0v) is 18.5. The number of dihydropyridines is 1. The molecule has 0 radical (unpaired) electrons.